The van der Waals surface area contributed by atoms with Crippen LogP contribution in [0.2, 0.25) is 0 Å². The quantitative estimate of drug-likeness (QED) is 0.811. The largest absolute Gasteiger partial charge is 0.383 e. The minimum Gasteiger partial charge on any atom is -0.383 e. The molecular formula is C21H26N4. The van der Waals surface area contributed by atoms with Gasteiger partial charge in [-0.2, -0.15) is 5.26 Å². The molecule has 0 saturated carbocycles. The van der Waals surface area contributed by atoms with Crippen LogP contribution in [-0.2, 0) is 12.8 Å². The van der Waals surface area contributed by atoms with Gasteiger partial charge in [-0.3, -0.25) is 4.98 Å². The highest BCUT2D eigenvalue weighted by atomic mass is 14.9. The Morgan fingerprint density at radius 1 is 0.960 bits per heavy atom. The number of hydrogen-bond donors (Lipinski definition) is 1. The van der Waals surface area contributed by atoms with Crippen LogP contribution in [0.15, 0.2) is 24.5 Å². The summed E-state index contributed by atoms with van der Waals surface area (Å²) < 4.78 is 0. The van der Waals surface area contributed by atoms with Crippen molar-refractivity contribution in [2.24, 2.45) is 0 Å². The molecule has 130 valence electrons. The van der Waals surface area contributed by atoms with Gasteiger partial charge in [-0.25, -0.2) is 4.98 Å². The van der Waals surface area contributed by atoms with Crippen LogP contribution in [0.25, 0.3) is 11.1 Å². The molecule has 0 radical (unpaired) electrons. The van der Waals surface area contributed by atoms with Crippen molar-refractivity contribution >= 4 is 5.82 Å². The van der Waals surface area contributed by atoms with Crippen molar-refractivity contribution in [3.05, 3.63) is 41.3 Å². The number of pyridine rings is 2. The van der Waals surface area contributed by atoms with Gasteiger partial charge in [-0.1, -0.05) is 44.6 Å². The van der Waals surface area contributed by atoms with E-state index in [1.807, 2.05) is 18.3 Å². The Bertz CT molecular complexity index is 747. The summed E-state index contributed by atoms with van der Waals surface area (Å²) >= 11 is 0. The molecule has 0 aliphatic heterocycles. The molecule has 0 atom stereocenters. The fourth-order valence-electron chi connectivity index (χ4n) is 3.77. The van der Waals surface area contributed by atoms with Crippen LogP contribution in [0.4, 0.5) is 5.82 Å². The standard InChI is InChI=1S/C21H26N4/c22-14-18-20(16-10-9-13-24-15-16)17-11-7-5-3-1-2-4-6-8-12-19(17)25-21(18)23/h9-10,13,15H,1-8,11-12H2,(H2,23,25). The molecule has 2 N–H and O–H groups in total. The van der Waals surface area contributed by atoms with Gasteiger partial charge in [-0.05, 0) is 37.3 Å². The van der Waals surface area contributed by atoms with E-state index in [-0.39, 0.29) is 0 Å². The van der Waals surface area contributed by atoms with Crippen molar-refractivity contribution in [3.63, 3.8) is 0 Å². The highest BCUT2D eigenvalue weighted by molar-refractivity contribution is 5.78. The number of aromatic nitrogens is 2. The van der Waals surface area contributed by atoms with E-state index in [4.69, 9.17) is 5.73 Å². The van der Waals surface area contributed by atoms with Crippen LogP contribution < -0.4 is 5.73 Å². The number of anilines is 1. The maximum Gasteiger partial charge on any atom is 0.142 e. The number of aryl methyl sites for hydroxylation is 1. The second-order valence-corrected chi connectivity index (χ2v) is 6.85. The Kier molecular flexibility index (Phi) is 6.00. The molecule has 0 saturated heterocycles. The molecule has 0 amide bonds. The normalized spacial score (nSPS) is 16.1. The summed E-state index contributed by atoms with van der Waals surface area (Å²) in [6, 6.07) is 6.21. The lowest BCUT2D eigenvalue weighted by atomic mass is 9.89. The summed E-state index contributed by atoms with van der Waals surface area (Å²) in [6.45, 7) is 0. The Hall–Kier alpha value is -2.41. The first-order valence-electron chi connectivity index (χ1n) is 9.43. The van der Waals surface area contributed by atoms with Crippen molar-refractivity contribution in [1.82, 2.24) is 9.97 Å². The molecule has 4 nitrogen and oxygen atoms in total. The van der Waals surface area contributed by atoms with Crippen molar-refractivity contribution in [2.75, 3.05) is 5.73 Å². The SMILES string of the molecule is N#Cc1c(N)nc2c(c1-c1cccnc1)CCCCCCCCCC2. The minimum atomic E-state index is 0.354. The highest BCUT2D eigenvalue weighted by Crippen LogP contribution is 2.34. The molecule has 25 heavy (non-hydrogen) atoms. The number of nitrogens with zero attached hydrogens (tertiary/aromatic N) is 3. The van der Waals surface area contributed by atoms with E-state index in [1.54, 1.807) is 6.20 Å². The van der Waals surface area contributed by atoms with E-state index < -0.39 is 0 Å². The molecule has 4 heteroatoms. The predicted molar refractivity (Wildman–Crippen MR) is 101 cm³/mol. The average Bonchev–Trinajstić information content (AvgIpc) is 2.63. The monoisotopic (exact) mass is 334 g/mol. The number of nitrogens with two attached hydrogens (primary N) is 1. The smallest absolute Gasteiger partial charge is 0.142 e. The van der Waals surface area contributed by atoms with Crippen LogP contribution in [0, 0.1) is 11.3 Å². The van der Waals surface area contributed by atoms with Gasteiger partial charge in [0, 0.05) is 29.2 Å². The molecule has 0 spiro atoms. The second kappa shape index (κ2) is 8.62. The molecule has 2 aromatic rings. The first kappa shape index (κ1) is 17.4. The third-order valence-electron chi connectivity index (χ3n) is 5.06. The Morgan fingerprint density at radius 2 is 1.64 bits per heavy atom. The van der Waals surface area contributed by atoms with Gasteiger partial charge in [0.15, 0.2) is 0 Å². The summed E-state index contributed by atoms with van der Waals surface area (Å²) in [7, 11) is 0. The molecule has 0 bridgehead atoms. The van der Waals surface area contributed by atoms with Crippen LogP contribution >= 0.6 is 0 Å². The van der Waals surface area contributed by atoms with Gasteiger partial charge in [0.25, 0.3) is 0 Å². The molecule has 2 heterocycles. The van der Waals surface area contributed by atoms with Gasteiger partial charge in [-0.15, -0.1) is 0 Å². The zero-order valence-corrected chi connectivity index (χ0v) is 14.8. The van der Waals surface area contributed by atoms with Crippen molar-refractivity contribution in [1.29, 1.82) is 5.26 Å². The number of fused-ring (bicyclic) bond motifs is 1. The Labute approximate surface area is 150 Å². The molecule has 0 fully saturated rings. The second-order valence-electron chi connectivity index (χ2n) is 6.85. The molecule has 0 aromatic carbocycles. The van der Waals surface area contributed by atoms with Crippen molar-refractivity contribution in [3.8, 4) is 17.2 Å². The average molecular weight is 334 g/mol. The van der Waals surface area contributed by atoms with Crippen molar-refractivity contribution in [2.45, 2.75) is 64.2 Å². The van der Waals surface area contributed by atoms with Gasteiger partial charge in [0.1, 0.15) is 17.5 Å². The number of hydrogen-bond acceptors (Lipinski definition) is 4. The summed E-state index contributed by atoms with van der Waals surface area (Å²) in [5.74, 6) is 0.354. The third kappa shape index (κ3) is 4.17. The van der Waals surface area contributed by atoms with E-state index in [9.17, 15) is 5.26 Å². The predicted octanol–water partition coefficient (Wildman–Crippen LogP) is 4.82. The van der Waals surface area contributed by atoms with E-state index in [0.717, 1.165) is 42.5 Å². The van der Waals surface area contributed by atoms with Gasteiger partial charge >= 0.3 is 0 Å². The first-order chi connectivity index (χ1) is 12.3. The Balaban J connectivity index is 2.09. The molecule has 1 aliphatic rings. The topological polar surface area (TPSA) is 75.6 Å². The van der Waals surface area contributed by atoms with E-state index >= 15 is 0 Å². The summed E-state index contributed by atoms with van der Waals surface area (Å²) in [4.78, 5) is 8.88. The molecule has 0 unspecified atom stereocenters. The zero-order chi connectivity index (χ0) is 17.5. The van der Waals surface area contributed by atoms with Crippen LogP contribution in [0.1, 0.15) is 68.2 Å². The fourth-order valence-corrected chi connectivity index (χ4v) is 3.77. The molecule has 2 aromatic heterocycles. The molecule has 1 aliphatic carbocycles. The lowest BCUT2D eigenvalue weighted by Crippen LogP contribution is -2.09. The van der Waals surface area contributed by atoms with E-state index in [1.165, 1.54) is 44.1 Å². The fraction of sp³-hybridized carbons (Fsp3) is 0.476. The maximum absolute atomic E-state index is 9.68. The minimum absolute atomic E-state index is 0.354. The lowest BCUT2D eigenvalue weighted by Gasteiger charge is -2.18. The molecule has 3 rings (SSSR count). The van der Waals surface area contributed by atoms with Crippen molar-refractivity contribution < 1.29 is 0 Å². The third-order valence-corrected chi connectivity index (χ3v) is 5.06. The van der Waals surface area contributed by atoms with Crippen LogP contribution in [-0.4, -0.2) is 9.97 Å². The summed E-state index contributed by atoms with van der Waals surface area (Å²) in [5, 5.41) is 9.68. The summed E-state index contributed by atoms with van der Waals surface area (Å²) in [6.07, 6.45) is 15.5. The van der Waals surface area contributed by atoms with Crippen LogP contribution in [0.3, 0.4) is 0 Å². The first-order valence-corrected chi connectivity index (χ1v) is 9.43. The van der Waals surface area contributed by atoms with E-state index in [2.05, 4.69) is 16.0 Å². The molecular weight excluding hydrogens is 308 g/mol. The zero-order valence-electron chi connectivity index (χ0n) is 14.8. The summed E-state index contributed by atoms with van der Waals surface area (Å²) in [5.41, 5.74) is 10.9. The number of nitrogen functional groups attached to an aromatic ring is 1. The van der Waals surface area contributed by atoms with Gasteiger partial charge < -0.3 is 5.73 Å². The maximum atomic E-state index is 9.68. The van der Waals surface area contributed by atoms with E-state index in [0.29, 0.717) is 11.4 Å². The number of nitriles is 1. The van der Waals surface area contributed by atoms with Crippen LogP contribution in [0.5, 0.6) is 0 Å². The highest BCUT2D eigenvalue weighted by Gasteiger charge is 2.19. The lowest BCUT2D eigenvalue weighted by molar-refractivity contribution is 0.557. The Morgan fingerprint density at radius 3 is 2.28 bits per heavy atom. The van der Waals surface area contributed by atoms with Gasteiger partial charge in [0.2, 0.25) is 0 Å². The number of rotatable bonds is 1. The van der Waals surface area contributed by atoms with Gasteiger partial charge in [0.05, 0.1) is 0 Å².